The number of amides is 1. The monoisotopic (exact) mass is 272 g/mol. The van der Waals surface area contributed by atoms with Crippen LogP contribution in [-0.2, 0) is 0 Å². The molecular formula is C15H13FN2O2. The average molecular weight is 272 g/mol. The molecular weight excluding hydrogens is 259 g/mol. The smallest absolute Gasteiger partial charge is 0.271 e. The van der Waals surface area contributed by atoms with Crippen molar-refractivity contribution in [3.63, 3.8) is 0 Å². The van der Waals surface area contributed by atoms with Gasteiger partial charge in [-0.15, -0.1) is 0 Å². The molecule has 2 N–H and O–H groups in total. The van der Waals surface area contributed by atoms with Crippen LogP contribution in [0.3, 0.4) is 0 Å². The molecule has 0 aromatic heterocycles. The Balaban J connectivity index is 2.02. The molecule has 4 nitrogen and oxygen atoms in total. The first-order chi connectivity index (χ1) is 9.56. The highest BCUT2D eigenvalue weighted by Crippen LogP contribution is 2.16. The minimum Gasteiger partial charge on any atom is -0.507 e. The van der Waals surface area contributed by atoms with E-state index in [1.807, 2.05) is 13.0 Å². The van der Waals surface area contributed by atoms with Crippen LogP contribution < -0.4 is 5.43 Å². The minimum atomic E-state index is -0.451. The molecule has 5 heteroatoms. The number of benzene rings is 2. The Bertz CT molecular complexity index is 651. The second-order valence-corrected chi connectivity index (χ2v) is 4.27. The summed E-state index contributed by atoms with van der Waals surface area (Å²) in [5, 5.41) is 13.4. The summed E-state index contributed by atoms with van der Waals surface area (Å²) in [5.74, 6) is -0.771. The lowest BCUT2D eigenvalue weighted by Crippen LogP contribution is -2.17. The Hall–Kier alpha value is -2.69. The number of carbonyl (C=O) groups is 1. The van der Waals surface area contributed by atoms with Crippen LogP contribution in [0.15, 0.2) is 47.6 Å². The Labute approximate surface area is 115 Å². The molecule has 0 saturated heterocycles. The lowest BCUT2D eigenvalue weighted by molar-refractivity contribution is 0.0955. The summed E-state index contributed by atoms with van der Waals surface area (Å²) in [5.41, 5.74) is 4.03. The molecule has 2 aromatic rings. The summed E-state index contributed by atoms with van der Waals surface area (Å²) in [6.07, 6.45) is 1.34. The van der Waals surface area contributed by atoms with E-state index in [0.717, 1.165) is 5.56 Å². The number of nitrogens with one attached hydrogen (secondary N) is 1. The number of phenols is 1. The molecule has 0 aliphatic carbocycles. The first-order valence-corrected chi connectivity index (χ1v) is 5.95. The summed E-state index contributed by atoms with van der Waals surface area (Å²) in [6, 6.07) is 10.2. The van der Waals surface area contributed by atoms with Gasteiger partial charge in [-0.2, -0.15) is 5.10 Å². The Morgan fingerprint density at radius 3 is 2.60 bits per heavy atom. The van der Waals surface area contributed by atoms with Gasteiger partial charge in [-0.05, 0) is 48.9 Å². The highest BCUT2D eigenvalue weighted by Gasteiger charge is 2.04. The summed E-state index contributed by atoms with van der Waals surface area (Å²) >= 11 is 0. The summed E-state index contributed by atoms with van der Waals surface area (Å²) < 4.78 is 12.7. The van der Waals surface area contributed by atoms with Crippen molar-refractivity contribution in [2.45, 2.75) is 6.92 Å². The van der Waals surface area contributed by atoms with Crippen LogP contribution in [0.2, 0.25) is 0 Å². The molecule has 2 aromatic carbocycles. The number of aromatic hydroxyl groups is 1. The number of aryl methyl sites for hydroxylation is 1. The van der Waals surface area contributed by atoms with Gasteiger partial charge in [-0.1, -0.05) is 6.07 Å². The Kier molecular flexibility index (Phi) is 4.10. The van der Waals surface area contributed by atoms with Gasteiger partial charge in [0, 0.05) is 11.1 Å². The van der Waals surface area contributed by atoms with E-state index in [-0.39, 0.29) is 5.75 Å². The number of nitrogens with zero attached hydrogens (tertiary/aromatic N) is 1. The largest absolute Gasteiger partial charge is 0.507 e. The van der Waals surface area contributed by atoms with E-state index < -0.39 is 11.7 Å². The van der Waals surface area contributed by atoms with E-state index >= 15 is 0 Å². The predicted octanol–water partition coefficient (Wildman–Crippen LogP) is 2.60. The zero-order chi connectivity index (χ0) is 14.5. The molecule has 0 radical (unpaired) electrons. The van der Waals surface area contributed by atoms with Gasteiger partial charge in [0.05, 0.1) is 6.21 Å². The lowest BCUT2D eigenvalue weighted by atomic mass is 10.1. The molecule has 0 unspecified atom stereocenters. The minimum absolute atomic E-state index is 0.0878. The first-order valence-electron chi connectivity index (χ1n) is 5.95. The normalized spacial score (nSPS) is 10.7. The number of rotatable bonds is 3. The predicted molar refractivity (Wildman–Crippen MR) is 74.3 cm³/mol. The van der Waals surface area contributed by atoms with Gasteiger partial charge in [0.25, 0.3) is 5.91 Å². The zero-order valence-electron chi connectivity index (χ0n) is 10.8. The van der Waals surface area contributed by atoms with E-state index in [4.69, 9.17) is 0 Å². The Morgan fingerprint density at radius 2 is 1.95 bits per heavy atom. The van der Waals surface area contributed by atoms with Crippen molar-refractivity contribution in [2.24, 2.45) is 5.10 Å². The second-order valence-electron chi connectivity index (χ2n) is 4.27. The lowest BCUT2D eigenvalue weighted by Gasteiger charge is -2.01. The van der Waals surface area contributed by atoms with E-state index in [9.17, 15) is 14.3 Å². The van der Waals surface area contributed by atoms with Crippen molar-refractivity contribution in [2.75, 3.05) is 0 Å². The van der Waals surface area contributed by atoms with Gasteiger partial charge in [-0.25, -0.2) is 9.82 Å². The maximum atomic E-state index is 12.7. The molecule has 1 amide bonds. The maximum absolute atomic E-state index is 12.7. The van der Waals surface area contributed by atoms with Crippen LogP contribution in [0, 0.1) is 12.7 Å². The van der Waals surface area contributed by atoms with Crippen LogP contribution in [0.1, 0.15) is 21.5 Å². The summed E-state index contributed by atoms with van der Waals surface area (Å²) in [7, 11) is 0. The molecule has 0 fully saturated rings. The molecule has 0 aliphatic rings. The molecule has 102 valence electrons. The average Bonchev–Trinajstić information content (AvgIpc) is 2.42. The Morgan fingerprint density at radius 1 is 1.25 bits per heavy atom. The van der Waals surface area contributed by atoms with Gasteiger partial charge in [0.2, 0.25) is 0 Å². The number of halogens is 1. The molecule has 0 bridgehead atoms. The van der Waals surface area contributed by atoms with Crippen molar-refractivity contribution < 1.29 is 14.3 Å². The standard InChI is InChI=1S/C15H13FN2O2/c1-10-2-3-12(14(19)8-10)9-17-18-15(20)11-4-6-13(16)7-5-11/h2-9,19H,1H3,(H,18,20)/b17-9-. The fourth-order valence-electron chi connectivity index (χ4n) is 1.59. The number of hydrogen-bond donors (Lipinski definition) is 2. The van der Waals surface area contributed by atoms with E-state index in [1.165, 1.54) is 30.5 Å². The third kappa shape index (κ3) is 3.41. The van der Waals surface area contributed by atoms with Crippen molar-refractivity contribution in [1.82, 2.24) is 5.43 Å². The van der Waals surface area contributed by atoms with Crippen LogP contribution in [0.25, 0.3) is 0 Å². The number of hydrazone groups is 1. The molecule has 0 saturated carbocycles. The number of hydrogen-bond acceptors (Lipinski definition) is 3. The van der Waals surface area contributed by atoms with Crippen LogP contribution in [0.4, 0.5) is 4.39 Å². The molecule has 0 aliphatic heterocycles. The number of phenolic OH excluding ortho intramolecular Hbond substituents is 1. The third-order valence-electron chi connectivity index (χ3n) is 2.66. The van der Waals surface area contributed by atoms with Gasteiger partial charge < -0.3 is 5.11 Å². The maximum Gasteiger partial charge on any atom is 0.271 e. The summed E-state index contributed by atoms with van der Waals surface area (Å²) in [6.45, 7) is 1.86. The molecule has 0 heterocycles. The number of carbonyl (C=O) groups excluding carboxylic acids is 1. The topological polar surface area (TPSA) is 61.7 Å². The molecule has 20 heavy (non-hydrogen) atoms. The van der Waals surface area contributed by atoms with Crippen molar-refractivity contribution in [1.29, 1.82) is 0 Å². The zero-order valence-corrected chi connectivity index (χ0v) is 10.8. The van der Waals surface area contributed by atoms with Crippen molar-refractivity contribution in [3.05, 3.63) is 65.0 Å². The quantitative estimate of drug-likeness (QED) is 0.666. The van der Waals surface area contributed by atoms with Crippen LogP contribution >= 0.6 is 0 Å². The molecule has 0 spiro atoms. The first kappa shape index (κ1) is 13.7. The highest BCUT2D eigenvalue weighted by molar-refractivity contribution is 5.95. The van der Waals surface area contributed by atoms with E-state index in [1.54, 1.807) is 12.1 Å². The van der Waals surface area contributed by atoms with Crippen molar-refractivity contribution in [3.8, 4) is 5.75 Å². The van der Waals surface area contributed by atoms with Gasteiger partial charge in [0.1, 0.15) is 11.6 Å². The fourth-order valence-corrected chi connectivity index (χ4v) is 1.59. The third-order valence-corrected chi connectivity index (χ3v) is 2.66. The van der Waals surface area contributed by atoms with Gasteiger partial charge in [-0.3, -0.25) is 4.79 Å². The van der Waals surface area contributed by atoms with Crippen molar-refractivity contribution >= 4 is 12.1 Å². The SMILES string of the molecule is Cc1ccc(/C=N\NC(=O)c2ccc(F)cc2)c(O)c1. The molecule has 2 rings (SSSR count). The molecule has 0 atom stereocenters. The van der Waals surface area contributed by atoms with Crippen LogP contribution in [-0.4, -0.2) is 17.2 Å². The van der Waals surface area contributed by atoms with Gasteiger partial charge >= 0.3 is 0 Å². The second kappa shape index (κ2) is 5.97. The van der Waals surface area contributed by atoms with Crippen LogP contribution in [0.5, 0.6) is 5.75 Å². The fraction of sp³-hybridized carbons (Fsp3) is 0.0667. The van der Waals surface area contributed by atoms with E-state index in [2.05, 4.69) is 10.5 Å². The van der Waals surface area contributed by atoms with E-state index in [0.29, 0.717) is 11.1 Å². The highest BCUT2D eigenvalue weighted by atomic mass is 19.1. The summed E-state index contributed by atoms with van der Waals surface area (Å²) in [4.78, 5) is 11.7. The van der Waals surface area contributed by atoms with Gasteiger partial charge in [0.15, 0.2) is 0 Å².